The maximum absolute atomic E-state index is 9.38. The highest BCUT2D eigenvalue weighted by molar-refractivity contribution is 9.10. The number of hydrogen-bond donors (Lipinski definition) is 2. The van der Waals surface area contributed by atoms with Gasteiger partial charge in [0.2, 0.25) is 0 Å². The first kappa shape index (κ1) is 13.5. The van der Waals surface area contributed by atoms with Gasteiger partial charge in [-0.25, -0.2) is 0 Å². The van der Waals surface area contributed by atoms with Gasteiger partial charge in [0.25, 0.3) is 0 Å². The van der Waals surface area contributed by atoms with Gasteiger partial charge in [-0.05, 0) is 46.5 Å². The summed E-state index contributed by atoms with van der Waals surface area (Å²) in [4.78, 5) is 0. The van der Waals surface area contributed by atoms with Gasteiger partial charge in [-0.3, -0.25) is 0 Å². The number of nitrogens with one attached hydrogen (secondary N) is 1. The Morgan fingerprint density at radius 1 is 1.38 bits per heavy atom. The zero-order valence-electron chi connectivity index (χ0n) is 10.1. The second kappa shape index (κ2) is 6.26. The largest absolute Gasteiger partial charge is 0.507 e. The Morgan fingerprint density at radius 2 is 2.06 bits per heavy atom. The van der Waals surface area contributed by atoms with Crippen molar-refractivity contribution in [1.29, 1.82) is 0 Å². The molecule has 0 fully saturated rings. The van der Waals surface area contributed by atoms with Gasteiger partial charge in [0.05, 0.1) is 4.47 Å². The van der Waals surface area contributed by atoms with Gasteiger partial charge < -0.3 is 10.4 Å². The molecule has 2 N–H and O–H groups in total. The molecule has 0 heterocycles. The Hall–Kier alpha value is -0.540. The highest BCUT2D eigenvalue weighted by atomic mass is 79.9. The fraction of sp³-hybridized carbons (Fsp3) is 0.538. The Balaban J connectivity index is 2.51. The number of rotatable bonds is 5. The van der Waals surface area contributed by atoms with Crippen molar-refractivity contribution >= 4 is 15.9 Å². The van der Waals surface area contributed by atoms with Crippen LogP contribution in [0.2, 0.25) is 0 Å². The van der Waals surface area contributed by atoms with Crippen molar-refractivity contribution in [2.24, 2.45) is 5.92 Å². The summed E-state index contributed by atoms with van der Waals surface area (Å²) in [6.07, 6.45) is 1.19. The summed E-state index contributed by atoms with van der Waals surface area (Å²) < 4.78 is 0.753. The number of halogens is 1. The third-order valence-electron chi connectivity index (χ3n) is 3.14. The molecule has 1 rings (SSSR count). The lowest BCUT2D eigenvalue weighted by atomic mass is 10.0. The van der Waals surface area contributed by atoms with Crippen molar-refractivity contribution in [1.82, 2.24) is 5.32 Å². The molecule has 2 unspecified atom stereocenters. The van der Waals surface area contributed by atoms with E-state index in [-0.39, 0.29) is 0 Å². The van der Waals surface area contributed by atoms with E-state index in [1.807, 2.05) is 12.1 Å². The standard InChI is InChI=1S/C13H20BrNO/c1-4-9(2)10(3)15-8-11-5-6-13(16)12(14)7-11/h5-7,9-10,15-16H,4,8H2,1-3H3. The molecule has 0 radical (unpaired) electrons. The van der Waals surface area contributed by atoms with Crippen LogP contribution in [0.4, 0.5) is 0 Å². The lowest BCUT2D eigenvalue weighted by molar-refractivity contribution is 0.389. The number of hydrogen-bond acceptors (Lipinski definition) is 2. The van der Waals surface area contributed by atoms with Crippen LogP contribution in [0.1, 0.15) is 32.8 Å². The highest BCUT2D eigenvalue weighted by Crippen LogP contribution is 2.24. The van der Waals surface area contributed by atoms with Gasteiger partial charge in [0.15, 0.2) is 0 Å². The molecule has 90 valence electrons. The number of benzene rings is 1. The third kappa shape index (κ3) is 3.80. The Kier molecular flexibility index (Phi) is 5.29. The van der Waals surface area contributed by atoms with Crippen molar-refractivity contribution in [3.8, 4) is 5.75 Å². The van der Waals surface area contributed by atoms with Crippen LogP contribution in [-0.2, 0) is 6.54 Å². The van der Waals surface area contributed by atoms with Gasteiger partial charge in [-0.1, -0.05) is 26.3 Å². The summed E-state index contributed by atoms with van der Waals surface area (Å²) in [5.41, 5.74) is 1.18. The molecule has 0 aromatic heterocycles. The van der Waals surface area contributed by atoms with Crippen LogP contribution in [0.25, 0.3) is 0 Å². The Morgan fingerprint density at radius 3 is 2.62 bits per heavy atom. The van der Waals surface area contributed by atoms with E-state index in [2.05, 4.69) is 42.0 Å². The quantitative estimate of drug-likeness (QED) is 0.865. The van der Waals surface area contributed by atoms with Gasteiger partial charge in [-0.2, -0.15) is 0 Å². The minimum atomic E-state index is 0.290. The molecule has 2 nitrogen and oxygen atoms in total. The van der Waals surface area contributed by atoms with Crippen LogP contribution >= 0.6 is 15.9 Å². The van der Waals surface area contributed by atoms with Gasteiger partial charge in [-0.15, -0.1) is 0 Å². The minimum absolute atomic E-state index is 0.290. The second-order valence-corrected chi connectivity index (χ2v) is 5.20. The molecule has 0 aliphatic carbocycles. The lowest BCUT2D eigenvalue weighted by Gasteiger charge is -2.20. The maximum Gasteiger partial charge on any atom is 0.129 e. The fourth-order valence-corrected chi connectivity index (χ4v) is 1.92. The van der Waals surface area contributed by atoms with Crippen molar-refractivity contribution < 1.29 is 5.11 Å². The van der Waals surface area contributed by atoms with E-state index >= 15 is 0 Å². The van der Waals surface area contributed by atoms with Crippen molar-refractivity contribution in [3.63, 3.8) is 0 Å². The van der Waals surface area contributed by atoms with E-state index < -0.39 is 0 Å². The zero-order valence-corrected chi connectivity index (χ0v) is 11.7. The molecule has 0 saturated carbocycles. The number of phenols is 1. The molecule has 1 aromatic rings. The summed E-state index contributed by atoms with van der Waals surface area (Å²) in [5, 5.41) is 12.9. The predicted molar refractivity (Wildman–Crippen MR) is 71.6 cm³/mol. The van der Waals surface area contributed by atoms with Gasteiger partial charge in [0.1, 0.15) is 5.75 Å². The third-order valence-corrected chi connectivity index (χ3v) is 3.77. The van der Waals surface area contributed by atoms with Gasteiger partial charge in [0, 0.05) is 12.6 Å². The first-order valence-corrected chi connectivity index (χ1v) is 6.54. The molecule has 0 spiro atoms. The van der Waals surface area contributed by atoms with Crippen LogP contribution < -0.4 is 5.32 Å². The molecular formula is C13H20BrNO. The first-order chi connectivity index (χ1) is 7.54. The predicted octanol–water partition coefficient (Wildman–Crippen LogP) is 3.68. The van der Waals surface area contributed by atoms with Crippen molar-refractivity contribution in [2.75, 3.05) is 0 Å². The molecular weight excluding hydrogens is 266 g/mol. The average Bonchev–Trinajstić information content (AvgIpc) is 2.29. The number of phenolic OH excluding ortho intramolecular Hbond substituents is 1. The molecule has 0 aliphatic rings. The molecule has 16 heavy (non-hydrogen) atoms. The van der Waals surface area contributed by atoms with E-state index in [1.54, 1.807) is 6.07 Å². The number of aromatic hydroxyl groups is 1. The lowest BCUT2D eigenvalue weighted by Crippen LogP contribution is -2.31. The Bertz CT molecular complexity index is 341. The summed E-state index contributed by atoms with van der Waals surface area (Å²) >= 11 is 3.32. The SMILES string of the molecule is CCC(C)C(C)NCc1ccc(O)c(Br)c1. The van der Waals surface area contributed by atoms with Crippen LogP contribution in [0.3, 0.4) is 0 Å². The fourth-order valence-electron chi connectivity index (χ4n) is 1.49. The topological polar surface area (TPSA) is 32.3 Å². The summed E-state index contributed by atoms with van der Waals surface area (Å²) in [5.74, 6) is 0.972. The molecule has 1 aromatic carbocycles. The van der Waals surface area contributed by atoms with Crippen molar-refractivity contribution in [3.05, 3.63) is 28.2 Å². The molecule has 0 bridgehead atoms. The highest BCUT2D eigenvalue weighted by Gasteiger charge is 2.09. The summed E-state index contributed by atoms with van der Waals surface area (Å²) in [6.45, 7) is 7.51. The first-order valence-electron chi connectivity index (χ1n) is 5.75. The average molecular weight is 286 g/mol. The molecule has 0 amide bonds. The van der Waals surface area contributed by atoms with Crippen LogP contribution in [-0.4, -0.2) is 11.1 Å². The Labute approximate surface area is 106 Å². The molecule has 2 atom stereocenters. The smallest absolute Gasteiger partial charge is 0.129 e. The van der Waals surface area contributed by atoms with Gasteiger partial charge >= 0.3 is 0 Å². The van der Waals surface area contributed by atoms with Crippen LogP contribution in [0, 0.1) is 5.92 Å². The van der Waals surface area contributed by atoms with Crippen LogP contribution in [0.15, 0.2) is 22.7 Å². The second-order valence-electron chi connectivity index (χ2n) is 4.34. The molecule has 3 heteroatoms. The van der Waals surface area contributed by atoms with E-state index in [1.165, 1.54) is 12.0 Å². The van der Waals surface area contributed by atoms with E-state index in [4.69, 9.17) is 0 Å². The molecule has 0 saturated heterocycles. The van der Waals surface area contributed by atoms with Crippen LogP contribution in [0.5, 0.6) is 5.75 Å². The summed E-state index contributed by atoms with van der Waals surface area (Å²) in [6, 6.07) is 6.12. The van der Waals surface area contributed by atoms with E-state index in [0.717, 1.165) is 11.0 Å². The zero-order chi connectivity index (χ0) is 12.1. The molecule has 0 aliphatic heterocycles. The van der Waals surface area contributed by atoms with E-state index in [0.29, 0.717) is 17.7 Å². The monoisotopic (exact) mass is 285 g/mol. The van der Waals surface area contributed by atoms with Crippen molar-refractivity contribution in [2.45, 2.75) is 39.8 Å². The summed E-state index contributed by atoms with van der Waals surface area (Å²) in [7, 11) is 0. The van der Waals surface area contributed by atoms with E-state index in [9.17, 15) is 5.11 Å². The maximum atomic E-state index is 9.38. The normalized spacial score (nSPS) is 14.8. The minimum Gasteiger partial charge on any atom is -0.507 e.